The highest BCUT2D eigenvalue weighted by Gasteiger charge is 2.39. The molecule has 0 amide bonds. The molecule has 4 aromatic rings. The van der Waals surface area contributed by atoms with Gasteiger partial charge in [0.2, 0.25) is 0 Å². The lowest BCUT2D eigenvalue weighted by molar-refractivity contribution is -0.140. The first-order chi connectivity index (χ1) is 12.8. The summed E-state index contributed by atoms with van der Waals surface area (Å²) < 4.78 is 42.3. The summed E-state index contributed by atoms with van der Waals surface area (Å²) in [7, 11) is 0. The summed E-state index contributed by atoms with van der Waals surface area (Å²) in [5, 5.41) is 3.82. The van der Waals surface area contributed by atoms with Crippen LogP contribution in [0.5, 0.6) is 0 Å². The largest absolute Gasteiger partial charge is 0.435 e. The highest BCUT2D eigenvalue weighted by Crippen LogP contribution is 2.39. The van der Waals surface area contributed by atoms with Crippen molar-refractivity contribution in [3.05, 3.63) is 82.3 Å². The number of nitrogens with zero attached hydrogens (tertiary/aromatic N) is 2. The molecule has 0 saturated carbocycles. The molecule has 2 aromatic carbocycles. The fraction of sp³-hybridized carbons (Fsp3) is 0.100. The van der Waals surface area contributed by atoms with Gasteiger partial charge in [-0.3, -0.25) is 4.79 Å². The number of halogens is 3. The van der Waals surface area contributed by atoms with Crippen molar-refractivity contribution in [3.63, 3.8) is 0 Å². The van der Waals surface area contributed by atoms with E-state index >= 15 is 0 Å². The maximum atomic E-state index is 13.7. The molecule has 0 saturated heterocycles. The van der Waals surface area contributed by atoms with Gasteiger partial charge >= 0.3 is 6.18 Å². The average Bonchev–Trinajstić information content (AvgIpc) is 3.02. The van der Waals surface area contributed by atoms with Crippen LogP contribution in [0.3, 0.4) is 0 Å². The Balaban J connectivity index is 2.12. The van der Waals surface area contributed by atoms with E-state index in [9.17, 15) is 18.0 Å². The van der Waals surface area contributed by atoms with Crippen molar-refractivity contribution in [2.75, 3.05) is 0 Å². The maximum absolute atomic E-state index is 13.7. The zero-order chi connectivity index (χ0) is 19.2. The van der Waals surface area contributed by atoms with Crippen LogP contribution in [-0.4, -0.2) is 14.6 Å². The van der Waals surface area contributed by atoms with Gasteiger partial charge in [-0.1, -0.05) is 60.2 Å². The minimum Gasteiger partial charge on any atom is -0.306 e. The summed E-state index contributed by atoms with van der Waals surface area (Å²) in [6.45, 7) is 1.85. The lowest BCUT2D eigenvalue weighted by Gasteiger charge is -2.07. The van der Waals surface area contributed by atoms with Crippen molar-refractivity contribution in [2.24, 2.45) is 0 Å². The van der Waals surface area contributed by atoms with Gasteiger partial charge in [-0.15, -0.1) is 0 Å². The molecule has 2 aromatic heterocycles. The van der Waals surface area contributed by atoms with Crippen molar-refractivity contribution in [2.45, 2.75) is 13.1 Å². The topological polar surface area (TPSA) is 50.2 Å². The number of alkyl halides is 3. The minimum atomic E-state index is -4.67. The molecule has 4 nitrogen and oxygen atoms in total. The summed E-state index contributed by atoms with van der Waals surface area (Å²) >= 11 is 0. The molecule has 1 N–H and O–H groups in total. The molecule has 0 aliphatic heterocycles. The van der Waals surface area contributed by atoms with Gasteiger partial charge in [-0.25, -0.2) is 4.52 Å². The number of benzene rings is 2. The number of aromatic amines is 1. The number of aromatic nitrogens is 3. The SMILES string of the molecule is Cc1ccc(-c2c(C(F)(F)F)nn3c(-c4ccccc4)cc(=O)[nH]c23)cc1. The van der Waals surface area contributed by atoms with Crippen LogP contribution in [0.1, 0.15) is 11.3 Å². The van der Waals surface area contributed by atoms with E-state index in [4.69, 9.17) is 0 Å². The maximum Gasteiger partial charge on any atom is 0.435 e. The molecule has 0 atom stereocenters. The van der Waals surface area contributed by atoms with Gasteiger partial charge < -0.3 is 4.98 Å². The van der Waals surface area contributed by atoms with Gasteiger partial charge in [0.05, 0.1) is 11.3 Å². The van der Waals surface area contributed by atoms with E-state index in [2.05, 4.69) is 10.1 Å². The standard InChI is InChI=1S/C20H14F3N3O/c1-12-7-9-14(10-8-12)17-18(20(21,22)23)25-26-15(11-16(27)24-19(17)26)13-5-3-2-4-6-13/h2-11H,1H3,(H,24,27). The van der Waals surface area contributed by atoms with Crippen molar-refractivity contribution in [1.82, 2.24) is 14.6 Å². The van der Waals surface area contributed by atoms with E-state index in [-0.39, 0.29) is 11.2 Å². The van der Waals surface area contributed by atoms with Crippen LogP contribution in [0.15, 0.2) is 65.5 Å². The lowest BCUT2D eigenvalue weighted by Crippen LogP contribution is -2.10. The number of aryl methyl sites for hydroxylation is 1. The van der Waals surface area contributed by atoms with Crippen LogP contribution in [0.4, 0.5) is 13.2 Å². The van der Waals surface area contributed by atoms with Gasteiger partial charge in [-0.05, 0) is 12.5 Å². The van der Waals surface area contributed by atoms with Crippen molar-refractivity contribution < 1.29 is 13.2 Å². The molecule has 0 aliphatic rings. The molecule has 7 heteroatoms. The Morgan fingerprint density at radius 3 is 2.26 bits per heavy atom. The Kier molecular flexibility index (Phi) is 3.87. The van der Waals surface area contributed by atoms with Gasteiger partial charge in [0.25, 0.3) is 5.56 Å². The number of hydrogen-bond donors (Lipinski definition) is 1. The Labute approximate surface area is 151 Å². The van der Waals surface area contributed by atoms with E-state index in [1.54, 1.807) is 54.6 Å². The third-order valence-electron chi connectivity index (χ3n) is 4.30. The Morgan fingerprint density at radius 1 is 0.963 bits per heavy atom. The van der Waals surface area contributed by atoms with Crippen LogP contribution >= 0.6 is 0 Å². The predicted octanol–water partition coefficient (Wildman–Crippen LogP) is 4.68. The van der Waals surface area contributed by atoms with Gasteiger partial charge in [0, 0.05) is 11.6 Å². The second kappa shape index (κ2) is 6.12. The van der Waals surface area contributed by atoms with Crippen LogP contribution in [-0.2, 0) is 6.18 Å². The smallest absolute Gasteiger partial charge is 0.306 e. The summed E-state index contributed by atoms with van der Waals surface area (Å²) in [6, 6.07) is 16.6. The Bertz CT molecular complexity index is 1170. The number of H-pyrrole nitrogens is 1. The summed E-state index contributed by atoms with van der Waals surface area (Å²) in [6.07, 6.45) is -4.67. The lowest BCUT2D eigenvalue weighted by atomic mass is 10.0. The number of fused-ring (bicyclic) bond motifs is 1. The molecule has 0 radical (unpaired) electrons. The van der Waals surface area contributed by atoms with Crippen molar-refractivity contribution in [1.29, 1.82) is 0 Å². The molecular formula is C20H14F3N3O. The predicted molar refractivity (Wildman–Crippen MR) is 96.4 cm³/mol. The molecule has 4 rings (SSSR count). The van der Waals surface area contributed by atoms with Crippen molar-refractivity contribution >= 4 is 5.65 Å². The second-order valence-corrected chi connectivity index (χ2v) is 6.23. The fourth-order valence-electron chi connectivity index (χ4n) is 3.05. The normalized spacial score (nSPS) is 11.9. The number of rotatable bonds is 2. The molecule has 136 valence electrons. The first kappa shape index (κ1) is 17.1. The highest BCUT2D eigenvalue weighted by atomic mass is 19.4. The van der Waals surface area contributed by atoms with E-state index < -0.39 is 17.4 Å². The highest BCUT2D eigenvalue weighted by molar-refractivity contribution is 5.82. The van der Waals surface area contributed by atoms with E-state index in [1.165, 1.54) is 6.07 Å². The third-order valence-corrected chi connectivity index (χ3v) is 4.30. The van der Waals surface area contributed by atoms with Crippen LogP contribution < -0.4 is 5.56 Å². The molecule has 0 spiro atoms. The molecule has 2 heterocycles. The summed E-state index contributed by atoms with van der Waals surface area (Å²) in [5.41, 5.74) is 0.480. The molecule has 27 heavy (non-hydrogen) atoms. The first-order valence-electron chi connectivity index (χ1n) is 8.20. The molecule has 0 aliphatic carbocycles. The quantitative estimate of drug-likeness (QED) is 0.558. The summed E-state index contributed by atoms with van der Waals surface area (Å²) in [4.78, 5) is 14.7. The molecule has 0 unspecified atom stereocenters. The Hall–Kier alpha value is -3.35. The van der Waals surface area contributed by atoms with Crippen LogP contribution in [0.2, 0.25) is 0 Å². The van der Waals surface area contributed by atoms with E-state index in [0.29, 0.717) is 16.8 Å². The summed E-state index contributed by atoms with van der Waals surface area (Å²) in [5.74, 6) is 0. The van der Waals surface area contributed by atoms with Crippen molar-refractivity contribution in [3.8, 4) is 22.4 Å². The first-order valence-corrected chi connectivity index (χ1v) is 8.20. The average molecular weight is 369 g/mol. The zero-order valence-electron chi connectivity index (χ0n) is 14.2. The third kappa shape index (κ3) is 3.01. The number of hydrogen-bond acceptors (Lipinski definition) is 2. The number of nitrogens with one attached hydrogen (secondary N) is 1. The van der Waals surface area contributed by atoms with E-state index in [0.717, 1.165) is 10.1 Å². The van der Waals surface area contributed by atoms with Gasteiger partial charge in [0.15, 0.2) is 5.69 Å². The van der Waals surface area contributed by atoms with Gasteiger partial charge in [0.1, 0.15) is 5.65 Å². The second-order valence-electron chi connectivity index (χ2n) is 6.23. The molecule has 0 fully saturated rings. The van der Waals surface area contributed by atoms with E-state index in [1.807, 2.05) is 6.92 Å². The van der Waals surface area contributed by atoms with Crippen LogP contribution in [0, 0.1) is 6.92 Å². The molecule has 0 bridgehead atoms. The fourth-order valence-corrected chi connectivity index (χ4v) is 3.05. The minimum absolute atomic E-state index is 0.0116. The molecular weight excluding hydrogens is 355 g/mol. The zero-order valence-corrected chi connectivity index (χ0v) is 14.2. The Morgan fingerprint density at radius 2 is 1.63 bits per heavy atom. The van der Waals surface area contributed by atoms with Crippen LogP contribution in [0.25, 0.3) is 28.0 Å². The monoisotopic (exact) mass is 369 g/mol. The van der Waals surface area contributed by atoms with Gasteiger partial charge in [-0.2, -0.15) is 18.3 Å².